The van der Waals surface area contributed by atoms with Gasteiger partial charge in [0.15, 0.2) is 0 Å². The molecule has 0 aliphatic carbocycles. The Hall–Kier alpha value is -2.04. The van der Waals surface area contributed by atoms with Gasteiger partial charge in [0, 0.05) is 18.1 Å². The molecule has 0 aliphatic heterocycles. The Morgan fingerprint density at radius 2 is 2.00 bits per heavy atom. The Balaban J connectivity index is 1.69. The number of para-hydroxylation sites is 2. The first-order chi connectivity index (χ1) is 11.1. The van der Waals surface area contributed by atoms with Crippen molar-refractivity contribution in [2.24, 2.45) is 0 Å². The molecule has 0 bridgehead atoms. The molecule has 3 rings (SSSR count). The fraction of sp³-hybridized carbons (Fsp3) is 0.176. The third-order valence-corrected chi connectivity index (χ3v) is 4.19. The second kappa shape index (κ2) is 6.60. The monoisotopic (exact) mass is 347 g/mol. The lowest BCUT2D eigenvalue weighted by Crippen LogP contribution is -2.27. The van der Waals surface area contributed by atoms with Gasteiger partial charge in [-0.1, -0.05) is 35.3 Å². The van der Waals surface area contributed by atoms with Crippen molar-refractivity contribution in [2.75, 3.05) is 6.54 Å². The van der Waals surface area contributed by atoms with Crippen LogP contribution < -0.4 is 5.32 Å². The summed E-state index contributed by atoms with van der Waals surface area (Å²) in [7, 11) is 0. The van der Waals surface area contributed by atoms with Crippen LogP contribution in [0.5, 0.6) is 0 Å². The fourth-order valence-corrected chi connectivity index (χ4v) is 3.02. The summed E-state index contributed by atoms with van der Waals surface area (Å²) in [6.45, 7) is 3.08. The summed E-state index contributed by atoms with van der Waals surface area (Å²) < 4.78 is 2.08. The summed E-state index contributed by atoms with van der Waals surface area (Å²) in [5, 5.41) is 3.73. The van der Waals surface area contributed by atoms with Gasteiger partial charge in [-0.3, -0.25) is 4.79 Å². The second-order valence-corrected chi connectivity index (χ2v) is 6.02. The highest BCUT2D eigenvalue weighted by Crippen LogP contribution is 2.21. The lowest BCUT2D eigenvalue weighted by molar-refractivity contribution is 0.0952. The number of hydrogen-bond acceptors (Lipinski definition) is 2. The third kappa shape index (κ3) is 3.33. The summed E-state index contributed by atoms with van der Waals surface area (Å²) in [6.07, 6.45) is 0. The van der Waals surface area contributed by atoms with E-state index < -0.39 is 0 Å². The average molecular weight is 348 g/mol. The normalized spacial score (nSPS) is 10.9. The minimum atomic E-state index is -0.214. The van der Waals surface area contributed by atoms with Crippen LogP contribution in [0.15, 0.2) is 42.5 Å². The van der Waals surface area contributed by atoms with Crippen LogP contribution in [0.1, 0.15) is 16.2 Å². The number of fused-ring (bicyclic) bond motifs is 1. The number of aromatic nitrogens is 2. The van der Waals surface area contributed by atoms with Crippen LogP contribution in [0.2, 0.25) is 10.0 Å². The molecule has 0 saturated heterocycles. The van der Waals surface area contributed by atoms with Crippen molar-refractivity contribution in [3.05, 3.63) is 63.9 Å². The summed E-state index contributed by atoms with van der Waals surface area (Å²) in [6, 6.07) is 12.8. The number of nitrogens with one attached hydrogen (secondary N) is 1. The van der Waals surface area contributed by atoms with Gasteiger partial charge >= 0.3 is 0 Å². The van der Waals surface area contributed by atoms with E-state index in [0.717, 1.165) is 16.9 Å². The Labute approximate surface area is 144 Å². The summed E-state index contributed by atoms with van der Waals surface area (Å²) in [4.78, 5) is 16.7. The van der Waals surface area contributed by atoms with Gasteiger partial charge in [-0.25, -0.2) is 4.98 Å². The van der Waals surface area contributed by atoms with Crippen LogP contribution >= 0.6 is 23.2 Å². The zero-order valence-corrected chi connectivity index (χ0v) is 14.0. The molecule has 0 saturated carbocycles. The van der Waals surface area contributed by atoms with E-state index in [1.807, 2.05) is 31.2 Å². The maximum absolute atomic E-state index is 12.2. The van der Waals surface area contributed by atoms with Gasteiger partial charge in [-0.15, -0.1) is 0 Å². The van der Waals surface area contributed by atoms with Gasteiger partial charge in [0.05, 0.1) is 21.6 Å². The van der Waals surface area contributed by atoms with Crippen LogP contribution in [-0.4, -0.2) is 22.0 Å². The van der Waals surface area contributed by atoms with Crippen molar-refractivity contribution in [1.82, 2.24) is 14.9 Å². The molecule has 0 atom stereocenters. The number of imidazole rings is 1. The average Bonchev–Trinajstić information content (AvgIpc) is 2.83. The highest BCUT2D eigenvalue weighted by atomic mass is 35.5. The van der Waals surface area contributed by atoms with Crippen LogP contribution in [-0.2, 0) is 6.54 Å². The zero-order valence-electron chi connectivity index (χ0n) is 12.5. The third-order valence-electron chi connectivity index (χ3n) is 3.64. The molecule has 2 aromatic carbocycles. The van der Waals surface area contributed by atoms with Gasteiger partial charge < -0.3 is 9.88 Å². The van der Waals surface area contributed by atoms with E-state index in [2.05, 4.69) is 14.9 Å². The molecular formula is C17H15Cl2N3O. The van der Waals surface area contributed by atoms with Crippen molar-refractivity contribution in [1.29, 1.82) is 0 Å². The zero-order chi connectivity index (χ0) is 16.4. The van der Waals surface area contributed by atoms with Gasteiger partial charge in [-0.2, -0.15) is 0 Å². The number of carbonyl (C=O) groups excluding carboxylic acids is 1. The number of hydrogen-bond donors (Lipinski definition) is 1. The van der Waals surface area contributed by atoms with Crippen molar-refractivity contribution in [3.8, 4) is 0 Å². The number of halogens is 2. The summed E-state index contributed by atoms with van der Waals surface area (Å²) >= 11 is 11.9. The molecule has 23 heavy (non-hydrogen) atoms. The molecule has 1 N–H and O–H groups in total. The van der Waals surface area contributed by atoms with E-state index in [9.17, 15) is 4.79 Å². The van der Waals surface area contributed by atoms with E-state index in [-0.39, 0.29) is 5.91 Å². The molecule has 0 fully saturated rings. The van der Waals surface area contributed by atoms with Crippen LogP contribution in [0.25, 0.3) is 11.0 Å². The van der Waals surface area contributed by atoms with E-state index >= 15 is 0 Å². The molecule has 0 radical (unpaired) electrons. The molecule has 118 valence electrons. The lowest BCUT2D eigenvalue weighted by atomic mass is 10.2. The maximum atomic E-state index is 12.2. The molecule has 3 aromatic rings. The van der Waals surface area contributed by atoms with Crippen molar-refractivity contribution in [3.63, 3.8) is 0 Å². The van der Waals surface area contributed by atoms with E-state index in [1.165, 1.54) is 0 Å². The van der Waals surface area contributed by atoms with Gasteiger partial charge in [0.1, 0.15) is 5.82 Å². The lowest BCUT2D eigenvalue weighted by Gasteiger charge is -2.09. The number of rotatable bonds is 4. The molecule has 0 spiro atoms. The molecule has 0 aliphatic rings. The van der Waals surface area contributed by atoms with E-state index in [0.29, 0.717) is 28.7 Å². The largest absolute Gasteiger partial charge is 0.350 e. The summed E-state index contributed by atoms with van der Waals surface area (Å²) in [5.74, 6) is 0.707. The Bertz CT molecular complexity index is 873. The summed E-state index contributed by atoms with van der Waals surface area (Å²) in [5.41, 5.74) is 2.43. The van der Waals surface area contributed by atoms with Crippen LogP contribution in [0, 0.1) is 6.92 Å². The second-order valence-electron chi connectivity index (χ2n) is 5.18. The Morgan fingerprint density at radius 1 is 1.22 bits per heavy atom. The fourth-order valence-electron chi connectivity index (χ4n) is 2.53. The molecule has 1 amide bonds. The highest BCUT2D eigenvalue weighted by molar-refractivity contribution is 6.36. The van der Waals surface area contributed by atoms with Crippen LogP contribution in [0.4, 0.5) is 0 Å². The minimum Gasteiger partial charge on any atom is -0.350 e. The highest BCUT2D eigenvalue weighted by Gasteiger charge is 2.11. The molecule has 6 heteroatoms. The number of amides is 1. The smallest absolute Gasteiger partial charge is 0.252 e. The Morgan fingerprint density at radius 3 is 2.78 bits per heavy atom. The minimum absolute atomic E-state index is 0.214. The predicted octanol–water partition coefficient (Wildman–Crippen LogP) is 4.08. The van der Waals surface area contributed by atoms with Gasteiger partial charge in [-0.05, 0) is 37.3 Å². The van der Waals surface area contributed by atoms with E-state index in [4.69, 9.17) is 23.2 Å². The van der Waals surface area contributed by atoms with Crippen molar-refractivity contribution < 1.29 is 4.79 Å². The van der Waals surface area contributed by atoms with Crippen molar-refractivity contribution >= 4 is 40.1 Å². The topological polar surface area (TPSA) is 46.9 Å². The number of nitrogens with zero attached hydrogens (tertiary/aromatic N) is 2. The number of carbonyl (C=O) groups is 1. The number of aryl methyl sites for hydroxylation is 1. The van der Waals surface area contributed by atoms with E-state index in [1.54, 1.807) is 18.2 Å². The molecule has 1 heterocycles. The number of benzene rings is 2. The first-order valence-electron chi connectivity index (χ1n) is 7.21. The van der Waals surface area contributed by atoms with Gasteiger partial charge in [0.2, 0.25) is 0 Å². The molecule has 4 nitrogen and oxygen atoms in total. The standard InChI is InChI=1S/C17H15Cl2N3O/c1-11-21-15-4-2-3-5-16(15)22(11)9-8-20-17(23)13-7-6-12(18)10-14(13)19/h2-7,10H,8-9H2,1H3,(H,20,23). The first kappa shape index (κ1) is 15.8. The van der Waals surface area contributed by atoms with Crippen molar-refractivity contribution in [2.45, 2.75) is 13.5 Å². The predicted molar refractivity (Wildman–Crippen MR) is 93.3 cm³/mol. The molecular weight excluding hydrogens is 333 g/mol. The quantitative estimate of drug-likeness (QED) is 0.772. The van der Waals surface area contributed by atoms with Gasteiger partial charge in [0.25, 0.3) is 5.91 Å². The molecule has 1 aromatic heterocycles. The van der Waals surface area contributed by atoms with Crippen LogP contribution in [0.3, 0.4) is 0 Å². The maximum Gasteiger partial charge on any atom is 0.252 e. The molecule has 0 unspecified atom stereocenters. The first-order valence-corrected chi connectivity index (χ1v) is 7.97. The SMILES string of the molecule is Cc1nc2ccccc2n1CCNC(=O)c1ccc(Cl)cc1Cl. The Kier molecular flexibility index (Phi) is 4.55.